The van der Waals surface area contributed by atoms with Crippen molar-refractivity contribution in [3.63, 3.8) is 0 Å². The first-order valence-corrected chi connectivity index (χ1v) is 13.5. The molecule has 5 aromatic rings. The minimum absolute atomic E-state index is 0.599. The van der Waals surface area contributed by atoms with Gasteiger partial charge in [-0.2, -0.15) is 10.2 Å². The number of ether oxygens (including phenoxy) is 1. The van der Waals surface area contributed by atoms with Crippen molar-refractivity contribution in [1.29, 1.82) is 0 Å². The highest BCUT2D eigenvalue weighted by Gasteiger charge is 2.16. The lowest BCUT2D eigenvalue weighted by Crippen LogP contribution is -2.33. The van der Waals surface area contributed by atoms with E-state index in [-0.39, 0.29) is 0 Å². The summed E-state index contributed by atoms with van der Waals surface area (Å²) in [6, 6.07) is 28.8. The van der Waals surface area contributed by atoms with Crippen LogP contribution in [-0.4, -0.2) is 35.6 Å². The van der Waals surface area contributed by atoms with Gasteiger partial charge < -0.3 is 9.22 Å². The van der Waals surface area contributed by atoms with Crippen molar-refractivity contribution in [1.82, 2.24) is 9.97 Å². The fourth-order valence-electron chi connectivity index (χ4n) is 4.08. The Bertz CT molecular complexity index is 1710. The smallest absolute Gasteiger partial charge is 0.158 e. The molecule has 2 heterocycles. The van der Waals surface area contributed by atoms with Crippen LogP contribution in [0, 0.1) is 23.7 Å². The van der Waals surface area contributed by atoms with Crippen LogP contribution in [0.2, 0.25) is 0 Å². The summed E-state index contributed by atoms with van der Waals surface area (Å²) < 4.78 is 7.27. The second-order valence-corrected chi connectivity index (χ2v) is 10.6. The lowest BCUT2D eigenvalue weighted by Gasteiger charge is -2.24. The molecule has 0 aliphatic rings. The summed E-state index contributed by atoms with van der Waals surface area (Å²) in [7, 11) is 6.48. The molecule has 0 aliphatic heterocycles. The average Bonchev–Trinajstić information content (AvgIpc) is 3.00. The molecule has 0 aliphatic carbocycles. The van der Waals surface area contributed by atoms with Gasteiger partial charge in [0, 0.05) is 41.5 Å². The molecule has 0 saturated carbocycles. The Hall–Kier alpha value is -5.56. The molecule has 0 unspecified atom stereocenters. The molecule has 0 saturated heterocycles. The molecule has 2 aromatic heterocycles. The first kappa shape index (κ1) is 28.0. The number of nitrogens with zero attached hydrogens (tertiary/aromatic N) is 5. The van der Waals surface area contributed by atoms with Crippen molar-refractivity contribution in [3.05, 3.63) is 144 Å². The van der Waals surface area contributed by atoms with E-state index in [2.05, 4.69) is 77.2 Å². The highest BCUT2D eigenvalue weighted by molar-refractivity contribution is 5.62. The Morgan fingerprint density at radius 1 is 0.619 bits per heavy atom. The molecule has 0 spiro atoms. The number of azo groups is 1. The molecule has 0 radical (unpaired) electrons. The maximum Gasteiger partial charge on any atom is 0.158 e. The van der Waals surface area contributed by atoms with Crippen LogP contribution in [0.4, 0.5) is 11.4 Å². The third-order valence-electron chi connectivity index (χ3n) is 5.94. The second kappa shape index (κ2) is 13.2. The monoisotopic (exact) mass is 548 g/mol. The van der Waals surface area contributed by atoms with Gasteiger partial charge in [0.2, 0.25) is 0 Å². The molecule has 3 aromatic carbocycles. The molecule has 0 bridgehead atoms. The Kier molecular flexibility index (Phi) is 8.79. The maximum atomic E-state index is 6.51. The van der Waals surface area contributed by atoms with E-state index in [1.165, 1.54) is 0 Å². The Morgan fingerprint density at radius 2 is 1.12 bits per heavy atom. The second-order valence-electron chi connectivity index (χ2n) is 10.6. The lowest BCUT2D eigenvalue weighted by molar-refractivity contribution is -0.884. The van der Waals surface area contributed by atoms with Crippen molar-refractivity contribution >= 4 is 11.4 Å². The third kappa shape index (κ3) is 8.22. The van der Waals surface area contributed by atoms with Crippen LogP contribution < -0.4 is 4.74 Å². The molecular formula is C36H30N5O+. The molecule has 0 atom stereocenters. The van der Waals surface area contributed by atoms with Gasteiger partial charge in [-0.05, 0) is 72.8 Å². The molecule has 42 heavy (non-hydrogen) atoms. The Morgan fingerprint density at radius 3 is 1.62 bits per heavy atom. The number of quaternary nitrogens is 1. The van der Waals surface area contributed by atoms with Crippen LogP contribution in [0.15, 0.2) is 126 Å². The average molecular weight is 549 g/mol. The third-order valence-corrected chi connectivity index (χ3v) is 5.94. The zero-order valence-electron chi connectivity index (χ0n) is 23.8. The summed E-state index contributed by atoms with van der Waals surface area (Å²) in [6.07, 6.45) is 6.93. The number of aromatic nitrogens is 2. The van der Waals surface area contributed by atoms with Crippen LogP contribution >= 0.6 is 0 Å². The van der Waals surface area contributed by atoms with E-state index in [9.17, 15) is 0 Å². The van der Waals surface area contributed by atoms with Gasteiger partial charge >= 0.3 is 0 Å². The van der Waals surface area contributed by atoms with E-state index in [1.54, 1.807) is 24.8 Å². The van der Waals surface area contributed by atoms with E-state index in [1.807, 2.05) is 78.9 Å². The summed E-state index contributed by atoms with van der Waals surface area (Å²) in [5.41, 5.74) is 5.87. The van der Waals surface area contributed by atoms with E-state index in [4.69, 9.17) is 4.74 Å². The van der Waals surface area contributed by atoms with Gasteiger partial charge in [0.15, 0.2) is 5.75 Å². The van der Waals surface area contributed by atoms with Crippen LogP contribution in [0.5, 0.6) is 11.5 Å². The fraction of sp³-hybridized carbons (Fsp3) is 0.111. The molecule has 0 fully saturated rings. The number of hydrogen-bond donors (Lipinski definition) is 0. The molecule has 0 N–H and O–H groups in total. The van der Waals surface area contributed by atoms with Crippen molar-refractivity contribution in [2.24, 2.45) is 10.2 Å². The first-order valence-electron chi connectivity index (χ1n) is 13.5. The van der Waals surface area contributed by atoms with Crippen LogP contribution in [-0.2, 0) is 6.54 Å². The number of rotatable bonds is 6. The highest BCUT2D eigenvalue weighted by Crippen LogP contribution is 2.32. The first-order chi connectivity index (χ1) is 20.4. The van der Waals surface area contributed by atoms with E-state index in [0.29, 0.717) is 11.5 Å². The van der Waals surface area contributed by atoms with Crippen molar-refractivity contribution in [2.75, 3.05) is 21.1 Å². The van der Waals surface area contributed by atoms with Gasteiger partial charge in [-0.15, -0.1) is 0 Å². The van der Waals surface area contributed by atoms with Crippen molar-refractivity contribution in [3.8, 4) is 35.2 Å². The normalized spacial score (nSPS) is 10.8. The van der Waals surface area contributed by atoms with Gasteiger partial charge in [0.25, 0.3) is 0 Å². The zero-order valence-corrected chi connectivity index (χ0v) is 23.8. The van der Waals surface area contributed by atoms with Crippen molar-refractivity contribution < 1.29 is 9.22 Å². The van der Waals surface area contributed by atoms with E-state index >= 15 is 0 Å². The van der Waals surface area contributed by atoms with Gasteiger partial charge in [-0.25, -0.2) is 0 Å². The standard InChI is InChI=1S/C36H30N5O/c1-41(2,3)27-30-25-31(11-9-28-17-21-37-22-18-28)36(32(26-30)12-10-29-19-23-38-24-20-29)42-35-15-13-34(14-16-35)40-39-33-7-5-4-6-8-33/h4-8,13-26H,27H2,1-3H3/q+1. The highest BCUT2D eigenvalue weighted by atomic mass is 16.5. The predicted molar refractivity (Wildman–Crippen MR) is 166 cm³/mol. The van der Waals surface area contributed by atoms with E-state index in [0.717, 1.165) is 50.2 Å². The van der Waals surface area contributed by atoms with Gasteiger partial charge in [-0.3, -0.25) is 9.97 Å². The SMILES string of the molecule is C[N+](C)(C)Cc1cc(C#Cc2ccncc2)c(Oc2ccc(N=Nc3ccccc3)cc2)c(C#Cc2ccncc2)c1. The molecule has 204 valence electrons. The largest absolute Gasteiger partial charge is 0.455 e. The fourth-order valence-corrected chi connectivity index (χ4v) is 4.08. The Balaban J connectivity index is 1.55. The molecule has 5 rings (SSSR count). The predicted octanol–water partition coefficient (Wildman–Crippen LogP) is 7.69. The summed E-state index contributed by atoms with van der Waals surface area (Å²) in [6.45, 7) is 0.801. The molecular weight excluding hydrogens is 518 g/mol. The summed E-state index contributed by atoms with van der Waals surface area (Å²) in [5, 5.41) is 8.64. The van der Waals surface area contributed by atoms with Gasteiger partial charge in [-0.1, -0.05) is 41.9 Å². The quantitative estimate of drug-likeness (QED) is 0.124. The van der Waals surface area contributed by atoms with Crippen LogP contribution in [0.25, 0.3) is 0 Å². The van der Waals surface area contributed by atoms with Gasteiger partial charge in [0.05, 0.1) is 43.6 Å². The minimum atomic E-state index is 0.599. The Labute approximate surface area is 247 Å². The van der Waals surface area contributed by atoms with Crippen molar-refractivity contribution in [2.45, 2.75) is 6.54 Å². The lowest BCUT2D eigenvalue weighted by atomic mass is 10.0. The number of pyridine rings is 2. The topological polar surface area (TPSA) is 59.7 Å². The summed E-state index contributed by atoms with van der Waals surface area (Å²) in [4.78, 5) is 8.20. The summed E-state index contributed by atoms with van der Waals surface area (Å²) >= 11 is 0. The van der Waals surface area contributed by atoms with Crippen LogP contribution in [0.1, 0.15) is 27.8 Å². The summed E-state index contributed by atoms with van der Waals surface area (Å²) in [5.74, 6) is 14.5. The molecule has 6 nitrogen and oxygen atoms in total. The van der Waals surface area contributed by atoms with Gasteiger partial charge in [0.1, 0.15) is 12.3 Å². The zero-order chi connectivity index (χ0) is 29.2. The maximum absolute atomic E-state index is 6.51. The molecule has 0 amide bonds. The van der Waals surface area contributed by atoms with E-state index < -0.39 is 0 Å². The van der Waals surface area contributed by atoms with Crippen LogP contribution in [0.3, 0.4) is 0 Å². The minimum Gasteiger partial charge on any atom is -0.455 e. The molecule has 6 heteroatoms. The number of benzene rings is 3. The number of hydrogen-bond acceptors (Lipinski definition) is 5.